The van der Waals surface area contributed by atoms with Crippen molar-refractivity contribution in [1.82, 2.24) is 25.3 Å². The van der Waals surface area contributed by atoms with Crippen molar-refractivity contribution in [1.29, 1.82) is 0 Å². The maximum Gasteiger partial charge on any atom is 0.290 e. The number of anilines is 1. The van der Waals surface area contributed by atoms with Crippen LogP contribution in [0.3, 0.4) is 0 Å². The van der Waals surface area contributed by atoms with Gasteiger partial charge in [0, 0.05) is 11.6 Å². The van der Waals surface area contributed by atoms with Crippen LogP contribution in [0.2, 0.25) is 0 Å². The standard InChI is InChI=1S/C26H26N6O3/c1-2-21(33)28-17-10-12-18(13-11-17)32-24-22(25(27)29-30-26(24)34)23(31-32)16-8-14-20(15-9-16)35-19-6-4-3-5-7-19/h2-9,14-15,17-18H,1,10-13H2,(H2,27,29)(H,28,33)(H,30,34). The van der Waals surface area contributed by atoms with Gasteiger partial charge in [-0.15, -0.1) is 0 Å². The van der Waals surface area contributed by atoms with Crippen LogP contribution in [0.4, 0.5) is 5.82 Å². The van der Waals surface area contributed by atoms with Gasteiger partial charge in [-0.05, 0) is 68.2 Å². The van der Waals surface area contributed by atoms with Crippen molar-refractivity contribution in [2.45, 2.75) is 37.8 Å². The van der Waals surface area contributed by atoms with Crippen molar-refractivity contribution in [3.8, 4) is 22.8 Å². The van der Waals surface area contributed by atoms with Crippen LogP contribution >= 0.6 is 0 Å². The molecule has 9 nitrogen and oxygen atoms in total. The van der Waals surface area contributed by atoms with Gasteiger partial charge in [0.05, 0.1) is 11.4 Å². The number of H-pyrrole nitrogens is 1. The minimum Gasteiger partial charge on any atom is -0.457 e. The Labute approximate surface area is 201 Å². The van der Waals surface area contributed by atoms with Gasteiger partial charge in [0.25, 0.3) is 5.56 Å². The van der Waals surface area contributed by atoms with Gasteiger partial charge >= 0.3 is 0 Å². The molecule has 0 aliphatic heterocycles. The van der Waals surface area contributed by atoms with Crippen LogP contribution in [-0.2, 0) is 4.79 Å². The lowest BCUT2D eigenvalue weighted by Crippen LogP contribution is -2.37. The van der Waals surface area contributed by atoms with E-state index in [4.69, 9.17) is 15.6 Å². The molecule has 9 heteroatoms. The van der Waals surface area contributed by atoms with E-state index in [0.29, 0.717) is 22.3 Å². The average Bonchev–Trinajstić information content (AvgIpc) is 3.30. The molecule has 0 atom stereocenters. The molecule has 1 aliphatic carbocycles. The highest BCUT2D eigenvalue weighted by Crippen LogP contribution is 2.36. The zero-order chi connectivity index (χ0) is 24.4. The van der Waals surface area contributed by atoms with Gasteiger partial charge in [-0.2, -0.15) is 10.2 Å². The number of nitrogens with two attached hydrogens (primary N) is 1. The summed E-state index contributed by atoms with van der Waals surface area (Å²) in [6.45, 7) is 3.51. The lowest BCUT2D eigenvalue weighted by molar-refractivity contribution is -0.117. The van der Waals surface area contributed by atoms with Crippen molar-refractivity contribution in [3.63, 3.8) is 0 Å². The Balaban J connectivity index is 1.46. The molecule has 5 rings (SSSR count). The van der Waals surface area contributed by atoms with Crippen molar-refractivity contribution >= 4 is 22.6 Å². The van der Waals surface area contributed by atoms with E-state index in [0.717, 1.165) is 37.0 Å². The number of rotatable bonds is 6. The number of para-hydroxylation sites is 1. The summed E-state index contributed by atoms with van der Waals surface area (Å²) in [5.74, 6) is 1.48. The van der Waals surface area contributed by atoms with Crippen molar-refractivity contribution < 1.29 is 9.53 Å². The number of aromatic amines is 1. The lowest BCUT2D eigenvalue weighted by atomic mass is 9.91. The summed E-state index contributed by atoms with van der Waals surface area (Å²) in [4.78, 5) is 24.5. The number of ether oxygens (including phenoxy) is 1. The predicted molar refractivity (Wildman–Crippen MR) is 134 cm³/mol. The SMILES string of the molecule is C=CC(=O)NC1CCC(n2nc(-c3ccc(Oc4ccccc4)cc3)c3c(N)n[nH]c(=O)c32)CC1. The molecule has 1 aliphatic rings. The Morgan fingerprint density at radius 1 is 1.09 bits per heavy atom. The molecule has 1 saturated carbocycles. The molecule has 0 radical (unpaired) electrons. The van der Waals surface area contributed by atoms with Gasteiger partial charge in [0.1, 0.15) is 22.7 Å². The minimum absolute atomic E-state index is 0.00622. The fourth-order valence-corrected chi connectivity index (χ4v) is 4.61. The molecule has 4 aromatic rings. The molecule has 2 aromatic carbocycles. The first-order valence-corrected chi connectivity index (χ1v) is 11.6. The molecular weight excluding hydrogens is 444 g/mol. The number of amides is 1. The number of benzene rings is 2. The molecule has 4 N–H and O–H groups in total. The highest BCUT2D eigenvalue weighted by Gasteiger charge is 2.28. The quantitative estimate of drug-likeness (QED) is 0.366. The molecule has 178 valence electrons. The van der Waals surface area contributed by atoms with Gasteiger partial charge < -0.3 is 15.8 Å². The van der Waals surface area contributed by atoms with E-state index in [1.165, 1.54) is 6.08 Å². The molecule has 2 aromatic heterocycles. The molecular formula is C26H26N6O3. The summed E-state index contributed by atoms with van der Waals surface area (Å²) in [5.41, 5.74) is 7.70. The third kappa shape index (κ3) is 4.52. The first kappa shape index (κ1) is 22.4. The average molecular weight is 471 g/mol. The minimum atomic E-state index is -0.334. The smallest absolute Gasteiger partial charge is 0.290 e. The predicted octanol–water partition coefficient (Wildman–Crippen LogP) is 3.95. The summed E-state index contributed by atoms with van der Waals surface area (Å²) in [6, 6.07) is 17.1. The largest absolute Gasteiger partial charge is 0.457 e. The number of carbonyl (C=O) groups excluding carboxylic acids is 1. The summed E-state index contributed by atoms with van der Waals surface area (Å²) in [5, 5.41) is 14.8. The van der Waals surface area contributed by atoms with Crippen LogP contribution in [0.15, 0.2) is 72.0 Å². The Kier molecular flexibility index (Phi) is 6.05. The molecule has 0 unspecified atom stereocenters. The van der Waals surface area contributed by atoms with E-state index >= 15 is 0 Å². The molecule has 1 amide bonds. The van der Waals surface area contributed by atoms with Gasteiger partial charge in [0.15, 0.2) is 5.82 Å². The molecule has 35 heavy (non-hydrogen) atoms. The highest BCUT2D eigenvalue weighted by molar-refractivity contribution is 5.99. The van der Waals surface area contributed by atoms with Crippen LogP contribution in [0, 0.1) is 0 Å². The molecule has 0 spiro atoms. The number of aromatic nitrogens is 4. The zero-order valence-electron chi connectivity index (χ0n) is 19.1. The van der Waals surface area contributed by atoms with Gasteiger partial charge in [-0.3, -0.25) is 14.3 Å². The van der Waals surface area contributed by atoms with Crippen molar-refractivity contribution in [2.75, 3.05) is 5.73 Å². The van der Waals surface area contributed by atoms with Crippen molar-refractivity contribution in [3.05, 3.63) is 77.6 Å². The lowest BCUT2D eigenvalue weighted by Gasteiger charge is -2.29. The van der Waals surface area contributed by atoms with Gasteiger partial charge in [-0.25, -0.2) is 5.10 Å². The first-order valence-electron chi connectivity index (χ1n) is 11.6. The molecule has 0 bridgehead atoms. The number of nitrogens with one attached hydrogen (secondary N) is 2. The molecule has 2 heterocycles. The summed E-state index contributed by atoms with van der Waals surface area (Å²) < 4.78 is 7.67. The monoisotopic (exact) mass is 470 g/mol. The number of nitrogens with zero attached hydrogens (tertiary/aromatic N) is 3. The van der Waals surface area contributed by atoms with Crippen LogP contribution in [0.5, 0.6) is 11.5 Å². The van der Waals surface area contributed by atoms with E-state index in [1.54, 1.807) is 4.68 Å². The van der Waals surface area contributed by atoms with Crippen LogP contribution < -0.4 is 21.3 Å². The molecule has 1 fully saturated rings. The number of nitrogen functional groups attached to an aromatic ring is 1. The summed E-state index contributed by atoms with van der Waals surface area (Å²) in [7, 11) is 0. The zero-order valence-corrected chi connectivity index (χ0v) is 19.1. The summed E-state index contributed by atoms with van der Waals surface area (Å²) in [6.07, 6.45) is 4.38. The van der Waals surface area contributed by atoms with E-state index in [2.05, 4.69) is 22.1 Å². The van der Waals surface area contributed by atoms with E-state index in [9.17, 15) is 9.59 Å². The second-order valence-corrected chi connectivity index (χ2v) is 8.61. The number of fused-ring (bicyclic) bond motifs is 1. The van der Waals surface area contributed by atoms with Gasteiger partial charge in [0.2, 0.25) is 5.91 Å². The normalized spacial score (nSPS) is 17.7. The maximum atomic E-state index is 12.8. The second-order valence-electron chi connectivity index (χ2n) is 8.61. The number of hydrogen-bond acceptors (Lipinski definition) is 6. The maximum absolute atomic E-state index is 12.8. The van der Waals surface area contributed by atoms with E-state index in [1.807, 2.05) is 54.6 Å². The van der Waals surface area contributed by atoms with E-state index < -0.39 is 0 Å². The van der Waals surface area contributed by atoms with Crippen LogP contribution in [-0.4, -0.2) is 31.9 Å². The third-order valence-corrected chi connectivity index (χ3v) is 6.34. The first-order chi connectivity index (χ1) is 17.0. The Bertz CT molecular complexity index is 1420. The summed E-state index contributed by atoms with van der Waals surface area (Å²) >= 11 is 0. The number of carbonyl (C=O) groups is 1. The van der Waals surface area contributed by atoms with E-state index in [-0.39, 0.29) is 29.4 Å². The fourth-order valence-electron chi connectivity index (χ4n) is 4.61. The third-order valence-electron chi connectivity index (χ3n) is 6.34. The Morgan fingerprint density at radius 2 is 1.77 bits per heavy atom. The van der Waals surface area contributed by atoms with Gasteiger partial charge in [-0.1, -0.05) is 24.8 Å². The number of hydrogen-bond donors (Lipinski definition) is 3. The topological polar surface area (TPSA) is 128 Å². The molecule has 0 saturated heterocycles. The second kappa shape index (κ2) is 9.46. The highest BCUT2D eigenvalue weighted by atomic mass is 16.5. The fraction of sp³-hybridized carbons (Fsp3) is 0.231. The Morgan fingerprint density at radius 3 is 2.46 bits per heavy atom. The van der Waals surface area contributed by atoms with Crippen LogP contribution in [0.1, 0.15) is 31.7 Å². The van der Waals surface area contributed by atoms with Crippen LogP contribution in [0.25, 0.3) is 22.2 Å². The van der Waals surface area contributed by atoms with Crippen molar-refractivity contribution in [2.24, 2.45) is 0 Å². The Hall–Kier alpha value is -4.40.